The largest absolute Gasteiger partial charge is 0.369 e. The molecule has 1 aromatic carbocycles. The quantitative estimate of drug-likeness (QED) is 0.629. The Kier molecular flexibility index (Phi) is 2.92. The van der Waals surface area contributed by atoms with Crippen LogP contribution < -0.4 is 0 Å². The summed E-state index contributed by atoms with van der Waals surface area (Å²) >= 11 is 0. The third-order valence-corrected chi connectivity index (χ3v) is 3.17. The number of ether oxygens (including phenoxy) is 1. The maximum absolute atomic E-state index is 5.83. The average molecular weight is 202 g/mol. The van der Waals surface area contributed by atoms with E-state index in [4.69, 9.17) is 4.74 Å². The zero-order valence-corrected chi connectivity index (χ0v) is 9.71. The molecule has 0 radical (unpaired) electrons. The van der Waals surface area contributed by atoms with Crippen molar-refractivity contribution >= 4 is 0 Å². The molecule has 0 amide bonds. The maximum Gasteiger partial charge on any atom is 0.0866 e. The van der Waals surface area contributed by atoms with Crippen molar-refractivity contribution in [1.29, 1.82) is 0 Å². The third-order valence-electron chi connectivity index (χ3n) is 3.17. The van der Waals surface area contributed by atoms with E-state index in [9.17, 15) is 0 Å². The molecule has 0 spiro atoms. The number of hydrogen-bond acceptors (Lipinski definition) is 1. The van der Waals surface area contributed by atoms with E-state index in [2.05, 4.69) is 45.0 Å². The molecule has 1 nitrogen and oxygen atoms in total. The molecule has 80 valence electrons. The fourth-order valence-corrected chi connectivity index (χ4v) is 1.86. The van der Waals surface area contributed by atoms with Gasteiger partial charge in [-0.05, 0) is 38.3 Å². The van der Waals surface area contributed by atoms with Crippen molar-refractivity contribution in [1.82, 2.24) is 0 Å². The second kappa shape index (κ2) is 4.19. The van der Waals surface area contributed by atoms with Gasteiger partial charge in [0.2, 0.25) is 0 Å². The molecule has 0 aliphatic carbocycles. The lowest BCUT2D eigenvalue weighted by Gasteiger charge is -2.25. The molecule has 15 heavy (non-hydrogen) atoms. The minimum absolute atomic E-state index is 0.259. The van der Waals surface area contributed by atoms with E-state index in [1.54, 1.807) is 0 Å². The van der Waals surface area contributed by atoms with Gasteiger partial charge in [-0.3, -0.25) is 0 Å². The number of hydrogen-bond donors (Lipinski definition) is 0. The van der Waals surface area contributed by atoms with Crippen molar-refractivity contribution in [2.24, 2.45) is 0 Å². The van der Waals surface area contributed by atoms with Crippen LogP contribution in [-0.2, 0) is 4.74 Å². The number of rotatable bonds is 1. The van der Waals surface area contributed by atoms with E-state index < -0.39 is 0 Å². The first-order chi connectivity index (χ1) is 7.16. The summed E-state index contributed by atoms with van der Waals surface area (Å²) in [5.74, 6) is 0. The number of benzene rings is 1. The molecular formula is C14H18O. The second-order valence-corrected chi connectivity index (χ2v) is 4.48. The smallest absolute Gasteiger partial charge is 0.0866 e. The standard InChI is InChI=1S/C14H18O/c1-10-4-6-13(7-5-10)14-8-11(2)12(3)9-15-14/h4-7,14H,8-9H2,1-3H3/t14-/m1/s1. The Morgan fingerprint density at radius 2 is 1.67 bits per heavy atom. The van der Waals surface area contributed by atoms with Crippen LogP contribution in [0.4, 0.5) is 0 Å². The molecule has 0 fully saturated rings. The Morgan fingerprint density at radius 3 is 2.27 bits per heavy atom. The Bertz CT molecular complexity index is 373. The first-order valence-electron chi connectivity index (χ1n) is 5.50. The third kappa shape index (κ3) is 2.29. The van der Waals surface area contributed by atoms with Gasteiger partial charge in [0.15, 0.2) is 0 Å². The monoisotopic (exact) mass is 202 g/mol. The molecule has 2 rings (SSSR count). The highest BCUT2D eigenvalue weighted by Gasteiger charge is 2.18. The van der Waals surface area contributed by atoms with Crippen LogP contribution in [0.25, 0.3) is 0 Å². The highest BCUT2D eigenvalue weighted by Crippen LogP contribution is 2.31. The fourth-order valence-electron chi connectivity index (χ4n) is 1.86. The predicted octanol–water partition coefficient (Wildman–Crippen LogP) is 3.79. The molecule has 0 saturated carbocycles. The van der Waals surface area contributed by atoms with Crippen LogP contribution in [-0.4, -0.2) is 6.61 Å². The Hall–Kier alpha value is -1.08. The SMILES string of the molecule is CC1=C(C)C[C@H](c2ccc(C)cc2)OC1. The van der Waals surface area contributed by atoms with Gasteiger partial charge >= 0.3 is 0 Å². The van der Waals surface area contributed by atoms with Crippen LogP contribution in [0.2, 0.25) is 0 Å². The van der Waals surface area contributed by atoms with Gasteiger partial charge < -0.3 is 4.74 Å². The summed E-state index contributed by atoms with van der Waals surface area (Å²) in [6.07, 6.45) is 1.30. The predicted molar refractivity (Wildman–Crippen MR) is 62.9 cm³/mol. The van der Waals surface area contributed by atoms with Gasteiger partial charge in [-0.2, -0.15) is 0 Å². The van der Waals surface area contributed by atoms with E-state index in [-0.39, 0.29) is 6.10 Å². The zero-order valence-electron chi connectivity index (χ0n) is 9.71. The van der Waals surface area contributed by atoms with Crippen molar-refractivity contribution in [3.05, 3.63) is 46.5 Å². The van der Waals surface area contributed by atoms with Gasteiger partial charge in [-0.15, -0.1) is 0 Å². The Morgan fingerprint density at radius 1 is 1.00 bits per heavy atom. The van der Waals surface area contributed by atoms with Gasteiger partial charge in [-0.1, -0.05) is 35.4 Å². The van der Waals surface area contributed by atoms with Crippen molar-refractivity contribution in [2.45, 2.75) is 33.3 Å². The van der Waals surface area contributed by atoms with Crippen LogP contribution in [0.5, 0.6) is 0 Å². The lowest BCUT2D eigenvalue weighted by molar-refractivity contribution is 0.0578. The van der Waals surface area contributed by atoms with Gasteiger partial charge in [0, 0.05) is 0 Å². The van der Waals surface area contributed by atoms with Crippen molar-refractivity contribution < 1.29 is 4.74 Å². The summed E-state index contributed by atoms with van der Waals surface area (Å²) in [6.45, 7) is 7.25. The molecule has 1 heterocycles. The minimum atomic E-state index is 0.259. The van der Waals surface area contributed by atoms with Gasteiger partial charge in [0.25, 0.3) is 0 Å². The van der Waals surface area contributed by atoms with E-state index in [0.29, 0.717) is 0 Å². The van der Waals surface area contributed by atoms with Crippen LogP contribution in [0, 0.1) is 6.92 Å². The lowest BCUT2D eigenvalue weighted by atomic mass is 9.96. The van der Waals surface area contributed by atoms with E-state index >= 15 is 0 Å². The molecule has 1 heteroatoms. The zero-order chi connectivity index (χ0) is 10.8. The lowest BCUT2D eigenvalue weighted by Crippen LogP contribution is -2.13. The summed E-state index contributed by atoms with van der Waals surface area (Å²) in [6, 6.07) is 8.65. The van der Waals surface area contributed by atoms with E-state index in [0.717, 1.165) is 13.0 Å². The summed E-state index contributed by atoms with van der Waals surface area (Å²) in [4.78, 5) is 0. The molecule has 0 N–H and O–H groups in total. The summed E-state index contributed by atoms with van der Waals surface area (Å²) < 4.78 is 5.83. The first kappa shape index (κ1) is 10.4. The van der Waals surface area contributed by atoms with Crippen LogP contribution in [0.3, 0.4) is 0 Å². The molecule has 1 aliphatic heterocycles. The van der Waals surface area contributed by atoms with E-state index in [1.165, 1.54) is 22.3 Å². The van der Waals surface area contributed by atoms with Gasteiger partial charge in [0.1, 0.15) is 0 Å². The molecule has 1 atom stereocenters. The molecule has 0 aromatic heterocycles. The van der Waals surface area contributed by atoms with Gasteiger partial charge in [0.05, 0.1) is 12.7 Å². The van der Waals surface area contributed by atoms with E-state index in [1.807, 2.05) is 0 Å². The van der Waals surface area contributed by atoms with Crippen molar-refractivity contribution in [3.63, 3.8) is 0 Å². The second-order valence-electron chi connectivity index (χ2n) is 4.48. The summed E-state index contributed by atoms with van der Waals surface area (Å²) in [5.41, 5.74) is 5.47. The average Bonchev–Trinajstić information content (AvgIpc) is 2.23. The van der Waals surface area contributed by atoms with Crippen LogP contribution in [0.15, 0.2) is 35.4 Å². The topological polar surface area (TPSA) is 9.23 Å². The van der Waals surface area contributed by atoms with Gasteiger partial charge in [-0.25, -0.2) is 0 Å². The van der Waals surface area contributed by atoms with Crippen molar-refractivity contribution in [3.8, 4) is 0 Å². The molecule has 0 saturated heterocycles. The minimum Gasteiger partial charge on any atom is -0.369 e. The number of aryl methyl sites for hydroxylation is 1. The molecular weight excluding hydrogens is 184 g/mol. The van der Waals surface area contributed by atoms with Crippen LogP contribution >= 0.6 is 0 Å². The van der Waals surface area contributed by atoms with Crippen molar-refractivity contribution in [2.75, 3.05) is 6.61 Å². The highest BCUT2D eigenvalue weighted by molar-refractivity contribution is 5.26. The highest BCUT2D eigenvalue weighted by atomic mass is 16.5. The maximum atomic E-state index is 5.83. The normalized spacial score (nSPS) is 21.9. The Balaban J connectivity index is 2.17. The summed E-state index contributed by atoms with van der Waals surface area (Å²) in [5, 5.41) is 0. The molecule has 1 aliphatic rings. The van der Waals surface area contributed by atoms with Crippen LogP contribution in [0.1, 0.15) is 37.5 Å². The Labute approximate surface area is 91.8 Å². The molecule has 0 bridgehead atoms. The molecule has 1 aromatic rings. The first-order valence-corrected chi connectivity index (χ1v) is 5.50. The summed E-state index contributed by atoms with van der Waals surface area (Å²) in [7, 11) is 0. The molecule has 0 unspecified atom stereocenters. The fraction of sp³-hybridized carbons (Fsp3) is 0.429.